The average molecular weight is 549 g/mol. The molecule has 8 heteroatoms. The molecule has 0 aliphatic heterocycles. The Bertz CT molecular complexity index is 1390. The number of hydrogen-bond donors (Lipinski definition) is 1. The van der Waals surface area contributed by atoms with Crippen LogP contribution in [0.25, 0.3) is 10.9 Å². The number of ether oxygens (including phenoxy) is 3. The van der Waals surface area contributed by atoms with E-state index in [2.05, 4.69) is 36.1 Å². The van der Waals surface area contributed by atoms with Gasteiger partial charge in [-0.2, -0.15) is 4.98 Å². The minimum absolute atomic E-state index is 0.0694. The Balaban J connectivity index is 0.00000134. The second-order valence-corrected chi connectivity index (χ2v) is 9.53. The third kappa shape index (κ3) is 7.74. The standard InChI is InChI=1S/C28H32N4O4.2C2H6/c1-7-15-35-27-29-14-13-24(31-27)36-23-10-8-9-18-16-21(32(5)25(18)23)26(33)30-20-17-19(28(2,3)4)11-12-22(20)34-6;2*1-2/h8-14,16-17H,7,15H2,1-6H3,(H,30,33);2*1-2H3. The molecule has 0 radical (unpaired) electrons. The number of amides is 1. The molecule has 1 amide bonds. The first-order chi connectivity index (χ1) is 19.2. The number of anilines is 1. The molecule has 0 bridgehead atoms. The van der Waals surface area contributed by atoms with Crippen LogP contribution in [0.15, 0.2) is 54.7 Å². The molecule has 1 N–H and O–H groups in total. The van der Waals surface area contributed by atoms with Crippen LogP contribution < -0.4 is 19.5 Å². The smallest absolute Gasteiger partial charge is 0.319 e. The number of hydrogen-bond acceptors (Lipinski definition) is 6. The van der Waals surface area contributed by atoms with E-state index in [4.69, 9.17) is 14.2 Å². The zero-order valence-electron chi connectivity index (χ0n) is 25.6. The lowest BCUT2D eigenvalue weighted by atomic mass is 9.87. The summed E-state index contributed by atoms with van der Waals surface area (Å²) in [4.78, 5) is 21.8. The molecule has 0 saturated carbocycles. The number of carbonyl (C=O) groups is 1. The summed E-state index contributed by atoms with van der Waals surface area (Å²) in [5.41, 5.74) is 2.91. The van der Waals surface area contributed by atoms with Crippen LogP contribution in [0, 0.1) is 0 Å². The minimum atomic E-state index is -0.249. The second-order valence-electron chi connectivity index (χ2n) is 9.53. The van der Waals surface area contributed by atoms with E-state index in [0.29, 0.717) is 35.4 Å². The zero-order valence-corrected chi connectivity index (χ0v) is 25.6. The first-order valence-corrected chi connectivity index (χ1v) is 13.9. The number of benzene rings is 2. The number of methoxy groups -OCH3 is 1. The fourth-order valence-corrected chi connectivity index (χ4v) is 3.90. The molecule has 2 aromatic heterocycles. The predicted molar refractivity (Wildman–Crippen MR) is 163 cm³/mol. The van der Waals surface area contributed by atoms with Crippen LogP contribution >= 0.6 is 0 Å². The summed E-state index contributed by atoms with van der Waals surface area (Å²) < 4.78 is 18.9. The quantitative estimate of drug-likeness (QED) is 0.239. The monoisotopic (exact) mass is 548 g/mol. The molecule has 2 aromatic carbocycles. The van der Waals surface area contributed by atoms with E-state index < -0.39 is 0 Å². The fraction of sp³-hybridized carbons (Fsp3) is 0.406. The van der Waals surface area contributed by atoms with Gasteiger partial charge in [-0.05, 0) is 41.7 Å². The van der Waals surface area contributed by atoms with E-state index in [1.807, 2.05) is 88.7 Å². The van der Waals surface area contributed by atoms with Gasteiger partial charge in [-0.15, -0.1) is 0 Å². The molecule has 0 atom stereocenters. The number of fused-ring (bicyclic) bond motifs is 1. The number of para-hydroxylation sites is 1. The van der Waals surface area contributed by atoms with Crippen molar-refractivity contribution in [1.82, 2.24) is 14.5 Å². The lowest BCUT2D eigenvalue weighted by Gasteiger charge is -2.21. The van der Waals surface area contributed by atoms with Crippen molar-refractivity contribution >= 4 is 22.5 Å². The van der Waals surface area contributed by atoms with Crippen molar-refractivity contribution in [3.8, 4) is 23.4 Å². The van der Waals surface area contributed by atoms with Crippen LogP contribution in [0.1, 0.15) is 77.9 Å². The summed E-state index contributed by atoms with van der Waals surface area (Å²) in [7, 11) is 3.43. The molecule has 40 heavy (non-hydrogen) atoms. The number of aryl methyl sites for hydroxylation is 1. The van der Waals surface area contributed by atoms with Crippen LogP contribution in [0.4, 0.5) is 5.69 Å². The highest BCUT2D eigenvalue weighted by molar-refractivity contribution is 6.07. The van der Waals surface area contributed by atoms with Gasteiger partial charge in [-0.1, -0.05) is 73.6 Å². The Labute approximate surface area is 238 Å². The summed E-state index contributed by atoms with van der Waals surface area (Å²) in [5, 5.41) is 3.89. The Kier molecular flexibility index (Phi) is 12.0. The summed E-state index contributed by atoms with van der Waals surface area (Å²) in [6.45, 7) is 16.9. The molecule has 0 aliphatic rings. The van der Waals surface area contributed by atoms with Gasteiger partial charge in [0.1, 0.15) is 11.4 Å². The summed E-state index contributed by atoms with van der Waals surface area (Å²) in [5.74, 6) is 1.28. The van der Waals surface area contributed by atoms with Crippen LogP contribution in [0.5, 0.6) is 23.4 Å². The van der Waals surface area contributed by atoms with Crippen molar-refractivity contribution in [2.75, 3.05) is 19.0 Å². The largest absolute Gasteiger partial charge is 0.495 e. The summed E-state index contributed by atoms with van der Waals surface area (Å²) in [6, 6.07) is 15.3. The van der Waals surface area contributed by atoms with E-state index in [1.165, 1.54) is 0 Å². The highest BCUT2D eigenvalue weighted by Crippen LogP contribution is 2.34. The molecule has 4 aromatic rings. The van der Waals surface area contributed by atoms with Gasteiger partial charge >= 0.3 is 6.01 Å². The molecule has 2 heterocycles. The molecule has 4 rings (SSSR count). The number of carbonyl (C=O) groups excluding carboxylic acids is 1. The third-order valence-corrected chi connectivity index (χ3v) is 5.82. The highest BCUT2D eigenvalue weighted by atomic mass is 16.5. The minimum Gasteiger partial charge on any atom is -0.495 e. The fourth-order valence-electron chi connectivity index (χ4n) is 3.90. The van der Waals surface area contributed by atoms with E-state index in [1.54, 1.807) is 19.4 Å². The van der Waals surface area contributed by atoms with E-state index in [9.17, 15) is 4.79 Å². The first kappa shape index (κ1) is 32.1. The molecule has 0 fully saturated rings. The van der Waals surface area contributed by atoms with Crippen LogP contribution in [-0.4, -0.2) is 34.2 Å². The molecule has 0 saturated heterocycles. The van der Waals surface area contributed by atoms with E-state index in [0.717, 1.165) is 22.9 Å². The van der Waals surface area contributed by atoms with E-state index >= 15 is 0 Å². The molecule has 8 nitrogen and oxygen atoms in total. The Morgan fingerprint density at radius 2 is 1.73 bits per heavy atom. The summed E-state index contributed by atoms with van der Waals surface area (Å²) in [6.07, 6.45) is 2.45. The maximum atomic E-state index is 13.4. The van der Waals surface area contributed by atoms with Crippen molar-refractivity contribution in [3.05, 3.63) is 66.0 Å². The van der Waals surface area contributed by atoms with Gasteiger partial charge in [0, 0.05) is 24.7 Å². The number of nitrogens with one attached hydrogen (secondary N) is 1. The molecule has 0 aliphatic carbocycles. The number of nitrogens with zero attached hydrogens (tertiary/aromatic N) is 3. The molecule has 0 unspecified atom stereocenters. The number of rotatable bonds is 8. The molecule has 216 valence electrons. The topological polar surface area (TPSA) is 87.5 Å². The first-order valence-electron chi connectivity index (χ1n) is 13.9. The van der Waals surface area contributed by atoms with Gasteiger partial charge in [-0.3, -0.25) is 4.79 Å². The molecular weight excluding hydrogens is 504 g/mol. The lowest BCUT2D eigenvalue weighted by Crippen LogP contribution is -2.17. The highest BCUT2D eigenvalue weighted by Gasteiger charge is 2.20. The van der Waals surface area contributed by atoms with Gasteiger partial charge in [0.25, 0.3) is 5.91 Å². The SMILES string of the molecule is CC.CC.CCCOc1nccc(Oc2cccc3cc(C(=O)Nc4cc(C(C)(C)C)ccc4OC)n(C)c23)n1. The summed E-state index contributed by atoms with van der Waals surface area (Å²) >= 11 is 0. The van der Waals surface area contributed by atoms with Crippen LogP contribution in [-0.2, 0) is 12.5 Å². The zero-order chi connectivity index (χ0) is 29.9. The number of aromatic nitrogens is 3. The van der Waals surface area contributed by atoms with Crippen molar-refractivity contribution < 1.29 is 19.0 Å². The second kappa shape index (κ2) is 14.9. The van der Waals surface area contributed by atoms with Gasteiger partial charge in [0.2, 0.25) is 5.88 Å². The van der Waals surface area contributed by atoms with Crippen molar-refractivity contribution in [2.24, 2.45) is 7.05 Å². The Hall–Kier alpha value is -4.07. The van der Waals surface area contributed by atoms with Crippen molar-refractivity contribution in [3.63, 3.8) is 0 Å². The third-order valence-electron chi connectivity index (χ3n) is 5.82. The van der Waals surface area contributed by atoms with Gasteiger partial charge in [0.15, 0.2) is 5.75 Å². The normalized spacial score (nSPS) is 10.6. The average Bonchev–Trinajstić information content (AvgIpc) is 3.31. The van der Waals surface area contributed by atoms with E-state index in [-0.39, 0.29) is 17.3 Å². The Morgan fingerprint density at radius 1 is 1.00 bits per heavy atom. The van der Waals surface area contributed by atoms with Crippen molar-refractivity contribution in [2.45, 2.75) is 67.2 Å². The maximum absolute atomic E-state index is 13.4. The molecular formula is C32H44N4O4. The predicted octanol–water partition coefficient (Wildman–Crippen LogP) is 8.16. The van der Waals surface area contributed by atoms with Crippen molar-refractivity contribution in [1.29, 1.82) is 0 Å². The van der Waals surface area contributed by atoms with Gasteiger partial charge in [-0.25, -0.2) is 4.98 Å². The Morgan fingerprint density at radius 3 is 2.38 bits per heavy atom. The lowest BCUT2D eigenvalue weighted by molar-refractivity contribution is 0.101. The molecule has 0 spiro atoms. The maximum Gasteiger partial charge on any atom is 0.319 e. The van der Waals surface area contributed by atoms with Gasteiger partial charge in [0.05, 0.1) is 24.9 Å². The van der Waals surface area contributed by atoms with Crippen LogP contribution in [0.2, 0.25) is 0 Å². The van der Waals surface area contributed by atoms with Gasteiger partial charge < -0.3 is 24.1 Å². The van der Waals surface area contributed by atoms with Crippen LogP contribution in [0.3, 0.4) is 0 Å².